The van der Waals surface area contributed by atoms with Crippen molar-refractivity contribution in [1.82, 2.24) is 10.2 Å². The molecule has 4 nitrogen and oxygen atoms in total. The fraction of sp³-hybridized carbons (Fsp3) is 0.923. The zero-order valence-electron chi connectivity index (χ0n) is 12.1. The second-order valence-electron chi connectivity index (χ2n) is 5.12. The molecule has 0 aromatic heterocycles. The molecule has 0 radical (unpaired) electrons. The number of nitrogens with one attached hydrogen (secondary N) is 1. The van der Waals surface area contributed by atoms with Crippen LogP contribution in [0.1, 0.15) is 41.5 Å². The molecule has 0 saturated carbocycles. The zero-order valence-corrected chi connectivity index (χ0v) is 12.1. The largest absolute Gasteiger partial charge is 0.389 e. The van der Waals surface area contributed by atoms with E-state index in [1.54, 1.807) is 11.8 Å². The number of aliphatic hydroxyl groups is 1. The van der Waals surface area contributed by atoms with Crippen molar-refractivity contribution >= 4 is 5.91 Å². The highest BCUT2D eigenvalue weighted by atomic mass is 16.3. The molecule has 0 bridgehead atoms. The van der Waals surface area contributed by atoms with E-state index in [0.717, 1.165) is 13.1 Å². The van der Waals surface area contributed by atoms with Crippen LogP contribution < -0.4 is 5.32 Å². The Balaban J connectivity index is 4.27. The van der Waals surface area contributed by atoms with Gasteiger partial charge in [0.25, 0.3) is 0 Å². The van der Waals surface area contributed by atoms with Crippen LogP contribution >= 0.6 is 0 Å². The Bertz CT molecular complexity index is 236. The molecule has 0 heterocycles. The second-order valence-corrected chi connectivity index (χ2v) is 5.12. The lowest BCUT2D eigenvalue weighted by atomic mass is 9.92. The molecule has 2 unspecified atom stereocenters. The van der Waals surface area contributed by atoms with Gasteiger partial charge in [0.1, 0.15) is 0 Å². The number of carbonyl (C=O) groups excluding carboxylic acids is 1. The lowest BCUT2D eigenvalue weighted by Crippen LogP contribution is -2.50. The van der Waals surface area contributed by atoms with Crippen LogP contribution in [0.3, 0.4) is 0 Å². The third-order valence-electron chi connectivity index (χ3n) is 3.46. The van der Waals surface area contributed by atoms with Gasteiger partial charge in [-0.2, -0.15) is 0 Å². The van der Waals surface area contributed by atoms with Gasteiger partial charge in [0.2, 0.25) is 5.91 Å². The summed E-state index contributed by atoms with van der Waals surface area (Å²) in [6.07, 6.45) is 0. The van der Waals surface area contributed by atoms with Gasteiger partial charge in [-0.15, -0.1) is 0 Å². The molecule has 0 aromatic carbocycles. The number of hydrogen-bond donors (Lipinski definition) is 2. The summed E-state index contributed by atoms with van der Waals surface area (Å²) >= 11 is 0. The minimum atomic E-state index is -0.780. The zero-order chi connectivity index (χ0) is 13.6. The van der Waals surface area contributed by atoms with Crippen molar-refractivity contribution in [3.63, 3.8) is 0 Å². The Morgan fingerprint density at radius 1 is 1.29 bits per heavy atom. The Kier molecular flexibility index (Phi) is 6.72. The molecule has 4 heteroatoms. The SMILES string of the molecule is CCN(CC)C(=O)C(C)NCC(C)(O)C(C)C. The van der Waals surface area contributed by atoms with E-state index in [-0.39, 0.29) is 17.9 Å². The topological polar surface area (TPSA) is 52.6 Å². The summed E-state index contributed by atoms with van der Waals surface area (Å²) in [4.78, 5) is 13.8. The van der Waals surface area contributed by atoms with E-state index >= 15 is 0 Å². The molecule has 0 aliphatic heterocycles. The van der Waals surface area contributed by atoms with E-state index < -0.39 is 5.60 Å². The molecule has 0 aromatic rings. The normalized spacial score (nSPS) is 16.7. The van der Waals surface area contributed by atoms with Gasteiger partial charge in [0, 0.05) is 19.6 Å². The van der Waals surface area contributed by atoms with E-state index in [9.17, 15) is 9.90 Å². The number of rotatable bonds is 7. The Hall–Kier alpha value is -0.610. The van der Waals surface area contributed by atoms with Gasteiger partial charge in [0.15, 0.2) is 0 Å². The van der Waals surface area contributed by atoms with Crippen molar-refractivity contribution < 1.29 is 9.90 Å². The highest BCUT2D eigenvalue weighted by Crippen LogP contribution is 2.14. The predicted molar refractivity (Wildman–Crippen MR) is 70.9 cm³/mol. The molecule has 0 rings (SSSR count). The van der Waals surface area contributed by atoms with E-state index in [1.807, 2.05) is 34.6 Å². The van der Waals surface area contributed by atoms with Crippen LogP contribution in [0.15, 0.2) is 0 Å². The summed E-state index contributed by atoms with van der Waals surface area (Å²) < 4.78 is 0. The van der Waals surface area contributed by atoms with Gasteiger partial charge in [-0.05, 0) is 33.6 Å². The van der Waals surface area contributed by atoms with Crippen molar-refractivity contribution in [2.45, 2.75) is 53.2 Å². The summed E-state index contributed by atoms with van der Waals surface area (Å²) in [5.41, 5.74) is -0.780. The Morgan fingerprint density at radius 3 is 2.12 bits per heavy atom. The van der Waals surface area contributed by atoms with Gasteiger partial charge in [-0.25, -0.2) is 0 Å². The first-order valence-corrected chi connectivity index (χ1v) is 6.50. The highest BCUT2D eigenvalue weighted by Gasteiger charge is 2.27. The van der Waals surface area contributed by atoms with Crippen LogP contribution in [0.25, 0.3) is 0 Å². The molecule has 2 N–H and O–H groups in total. The van der Waals surface area contributed by atoms with Crippen LogP contribution in [0.4, 0.5) is 0 Å². The van der Waals surface area contributed by atoms with Gasteiger partial charge < -0.3 is 15.3 Å². The minimum Gasteiger partial charge on any atom is -0.389 e. The van der Waals surface area contributed by atoms with Gasteiger partial charge in [-0.3, -0.25) is 4.79 Å². The van der Waals surface area contributed by atoms with E-state index in [4.69, 9.17) is 0 Å². The van der Waals surface area contributed by atoms with Crippen molar-refractivity contribution in [2.24, 2.45) is 5.92 Å². The Morgan fingerprint density at radius 2 is 1.76 bits per heavy atom. The minimum absolute atomic E-state index is 0.0922. The molecule has 0 aliphatic rings. The molecular weight excluding hydrogens is 216 g/mol. The smallest absolute Gasteiger partial charge is 0.239 e. The summed E-state index contributed by atoms with van der Waals surface area (Å²) in [5, 5.41) is 13.2. The number of amides is 1. The van der Waals surface area contributed by atoms with Crippen LogP contribution in [-0.2, 0) is 4.79 Å². The standard InChI is InChI=1S/C13H28N2O2/c1-7-15(8-2)12(16)11(5)14-9-13(6,17)10(3)4/h10-11,14,17H,7-9H2,1-6H3. The first-order chi connectivity index (χ1) is 7.76. The third kappa shape index (κ3) is 5.04. The maximum absolute atomic E-state index is 12.0. The van der Waals surface area contributed by atoms with E-state index in [2.05, 4.69) is 5.32 Å². The second kappa shape index (κ2) is 6.97. The fourth-order valence-corrected chi connectivity index (χ4v) is 1.46. The first kappa shape index (κ1) is 16.4. The highest BCUT2D eigenvalue weighted by molar-refractivity contribution is 5.81. The summed E-state index contributed by atoms with van der Waals surface area (Å²) in [6.45, 7) is 13.4. The molecule has 1 amide bonds. The number of carbonyl (C=O) groups is 1. The number of nitrogens with zero attached hydrogens (tertiary/aromatic N) is 1. The maximum Gasteiger partial charge on any atom is 0.239 e. The molecular formula is C13H28N2O2. The molecule has 0 spiro atoms. The van der Waals surface area contributed by atoms with Crippen molar-refractivity contribution in [3.05, 3.63) is 0 Å². The number of likely N-dealkylation sites (N-methyl/N-ethyl adjacent to an activating group) is 1. The molecule has 2 atom stereocenters. The number of hydrogen-bond acceptors (Lipinski definition) is 3. The molecule has 17 heavy (non-hydrogen) atoms. The summed E-state index contributed by atoms with van der Waals surface area (Å²) in [6, 6.07) is -0.250. The first-order valence-electron chi connectivity index (χ1n) is 6.50. The van der Waals surface area contributed by atoms with Crippen LogP contribution in [0, 0.1) is 5.92 Å². The molecule has 0 aliphatic carbocycles. The molecule has 0 saturated heterocycles. The lowest BCUT2D eigenvalue weighted by Gasteiger charge is -2.30. The molecule has 0 fully saturated rings. The van der Waals surface area contributed by atoms with Gasteiger partial charge in [0.05, 0.1) is 11.6 Å². The average molecular weight is 244 g/mol. The average Bonchev–Trinajstić information content (AvgIpc) is 2.27. The Labute approximate surface area is 105 Å². The summed E-state index contributed by atoms with van der Waals surface area (Å²) in [7, 11) is 0. The van der Waals surface area contributed by atoms with Crippen molar-refractivity contribution in [1.29, 1.82) is 0 Å². The van der Waals surface area contributed by atoms with Crippen molar-refractivity contribution in [2.75, 3.05) is 19.6 Å². The fourth-order valence-electron chi connectivity index (χ4n) is 1.46. The lowest BCUT2D eigenvalue weighted by molar-refractivity contribution is -0.133. The van der Waals surface area contributed by atoms with E-state index in [0.29, 0.717) is 6.54 Å². The monoisotopic (exact) mass is 244 g/mol. The molecule has 102 valence electrons. The maximum atomic E-state index is 12.0. The van der Waals surface area contributed by atoms with Gasteiger partial charge in [-0.1, -0.05) is 13.8 Å². The van der Waals surface area contributed by atoms with Crippen LogP contribution in [0.5, 0.6) is 0 Å². The predicted octanol–water partition coefficient (Wildman–Crippen LogP) is 1.24. The third-order valence-corrected chi connectivity index (χ3v) is 3.46. The summed E-state index contributed by atoms with van der Waals surface area (Å²) in [5.74, 6) is 0.250. The van der Waals surface area contributed by atoms with Gasteiger partial charge >= 0.3 is 0 Å². The van der Waals surface area contributed by atoms with Crippen molar-refractivity contribution in [3.8, 4) is 0 Å². The van der Waals surface area contributed by atoms with E-state index in [1.165, 1.54) is 0 Å². The van der Waals surface area contributed by atoms with Crippen LogP contribution in [-0.4, -0.2) is 47.2 Å². The quantitative estimate of drug-likeness (QED) is 0.708. The van der Waals surface area contributed by atoms with Crippen LogP contribution in [0.2, 0.25) is 0 Å².